The van der Waals surface area contributed by atoms with E-state index in [0.717, 1.165) is 27.2 Å². The highest BCUT2D eigenvalue weighted by molar-refractivity contribution is 9.10. The molecule has 1 aromatic rings. The van der Waals surface area contributed by atoms with Gasteiger partial charge in [-0.15, -0.1) is 0 Å². The van der Waals surface area contributed by atoms with Crippen molar-refractivity contribution in [1.82, 2.24) is 4.90 Å². The van der Waals surface area contributed by atoms with Crippen molar-refractivity contribution in [3.05, 3.63) is 28.2 Å². The fourth-order valence-corrected chi connectivity index (χ4v) is 3.59. The molecule has 24 heavy (non-hydrogen) atoms. The Balaban J connectivity index is 2.05. The summed E-state index contributed by atoms with van der Waals surface area (Å²) in [6, 6.07) is 5.84. The molecule has 1 N–H and O–H groups in total. The molecule has 4 atom stereocenters. The molecule has 1 saturated heterocycles. The number of carbonyl (C=O) groups is 1. The number of hydrogen-bond acceptors (Lipinski definition) is 3. The average molecular weight is 400 g/mol. The molecule has 0 spiro atoms. The van der Waals surface area contributed by atoms with Gasteiger partial charge in [-0.1, -0.05) is 15.9 Å². The monoisotopic (exact) mass is 399 g/mol. The summed E-state index contributed by atoms with van der Waals surface area (Å²) in [6.07, 6.45) is 0.186. The number of ether oxygens (including phenoxy) is 2. The molecule has 134 valence electrons. The van der Waals surface area contributed by atoms with Gasteiger partial charge in [-0.3, -0.25) is 4.79 Å². The number of morpholine rings is 1. The number of quaternary nitrogens is 1. The van der Waals surface area contributed by atoms with Crippen LogP contribution in [0.5, 0.6) is 5.75 Å². The lowest BCUT2D eigenvalue weighted by Gasteiger charge is -2.37. The van der Waals surface area contributed by atoms with Gasteiger partial charge in [0.15, 0.2) is 6.04 Å². The van der Waals surface area contributed by atoms with Gasteiger partial charge in [0.25, 0.3) is 5.91 Å². The van der Waals surface area contributed by atoms with Crippen LogP contribution in [0.3, 0.4) is 0 Å². The Bertz CT molecular complexity index is 571. The molecule has 2 rings (SSSR count). The lowest BCUT2D eigenvalue weighted by molar-refractivity contribution is -0.908. The predicted octanol–water partition coefficient (Wildman–Crippen LogP) is 1.50. The summed E-state index contributed by atoms with van der Waals surface area (Å²) in [5, 5.41) is 0. The Morgan fingerprint density at radius 2 is 2.04 bits per heavy atom. The van der Waals surface area contributed by atoms with Crippen LogP contribution in [0.1, 0.15) is 26.3 Å². The zero-order valence-electron chi connectivity index (χ0n) is 15.1. The van der Waals surface area contributed by atoms with Crippen molar-refractivity contribution in [2.24, 2.45) is 0 Å². The zero-order chi connectivity index (χ0) is 17.9. The maximum atomic E-state index is 12.9. The third kappa shape index (κ3) is 4.71. The van der Waals surface area contributed by atoms with Gasteiger partial charge in [-0.2, -0.15) is 0 Å². The lowest BCUT2D eigenvalue weighted by atomic mass is 10.1. The molecule has 0 bridgehead atoms. The lowest BCUT2D eigenvalue weighted by Crippen LogP contribution is -3.12. The Morgan fingerprint density at radius 1 is 1.42 bits per heavy atom. The van der Waals surface area contributed by atoms with Crippen molar-refractivity contribution in [2.45, 2.75) is 45.6 Å². The van der Waals surface area contributed by atoms with Crippen LogP contribution in [0.4, 0.5) is 0 Å². The average Bonchev–Trinajstić information content (AvgIpc) is 2.52. The molecule has 1 amide bonds. The number of hydrogen-bond donors (Lipinski definition) is 1. The Labute approximate surface area is 153 Å². The van der Waals surface area contributed by atoms with E-state index in [2.05, 4.69) is 29.0 Å². The number of nitrogens with zero attached hydrogens (tertiary/aromatic N) is 1. The second-order valence-corrected chi connectivity index (χ2v) is 7.62. The van der Waals surface area contributed by atoms with Crippen molar-refractivity contribution in [3.8, 4) is 5.75 Å². The van der Waals surface area contributed by atoms with E-state index in [-0.39, 0.29) is 24.2 Å². The van der Waals surface area contributed by atoms with Crippen molar-refractivity contribution >= 4 is 21.8 Å². The van der Waals surface area contributed by atoms with Crippen LogP contribution in [-0.2, 0) is 16.1 Å². The van der Waals surface area contributed by atoms with Crippen LogP contribution in [0.25, 0.3) is 0 Å². The van der Waals surface area contributed by atoms with Crippen LogP contribution in [0.15, 0.2) is 22.7 Å². The molecule has 1 heterocycles. The summed E-state index contributed by atoms with van der Waals surface area (Å²) in [7, 11) is 3.73. The van der Waals surface area contributed by atoms with Gasteiger partial charge < -0.3 is 19.3 Å². The molecule has 1 aromatic carbocycles. The molecule has 5 nitrogen and oxygen atoms in total. The number of halogens is 1. The second-order valence-electron chi connectivity index (χ2n) is 6.70. The molecule has 1 unspecified atom stereocenters. The molecule has 1 aliphatic rings. The van der Waals surface area contributed by atoms with Crippen LogP contribution < -0.4 is 9.64 Å². The van der Waals surface area contributed by atoms with Crippen LogP contribution in [0, 0.1) is 0 Å². The van der Waals surface area contributed by atoms with Crippen LogP contribution >= 0.6 is 15.9 Å². The van der Waals surface area contributed by atoms with Crippen molar-refractivity contribution < 1.29 is 19.2 Å². The van der Waals surface area contributed by atoms with E-state index < -0.39 is 0 Å². The SMILES string of the molecule is COc1ccc(Br)cc1C[NH+](C)[C@H](C)C(=O)N1C[C@@H](C)O[C@H](C)C1. The number of rotatable bonds is 5. The van der Waals surface area contributed by atoms with E-state index in [1.807, 2.05) is 37.8 Å². The Hall–Kier alpha value is -1.11. The summed E-state index contributed by atoms with van der Waals surface area (Å²) in [5.41, 5.74) is 1.09. The fraction of sp³-hybridized carbons (Fsp3) is 0.611. The minimum atomic E-state index is -0.119. The summed E-state index contributed by atoms with van der Waals surface area (Å²) >= 11 is 3.50. The minimum Gasteiger partial charge on any atom is -0.496 e. The van der Waals surface area contributed by atoms with Gasteiger partial charge in [-0.05, 0) is 39.0 Å². The highest BCUT2D eigenvalue weighted by Gasteiger charge is 2.32. The third-order valence-electron chi connectivity index (χ3n) is 4.55. The van der Waals surface area contributed by atoms with E-state index in [4.69, 9.17) is 9.47 Å². The van der Waals surface area contributed by atoms with Gasteiger partial charge in [0.1, 0.15) is 12.3 Å². The standard InChI is InChI=1S/C18H27BrN2O3/c1-12-9-21(10-13(2)24-12)18(22)14(3)20(4)11-15-8-16(19)6-7-17(15)23-5/h6-8,12-14H,9-11H2,1-5H3/p+1/t12-,13-,14-/m1/s1. The zero-order valence-corrected chi connectivity index (χ0v) is 16.7. The summed E-state index contributed by atoms with van der Waals surface area (Å²) < 4.78 is 12.2. The highest BCUT2D eigenvalue weighted by Crippen LogP contribution is 2.22. The second kappa shape index (κ2) is 8.32. The van der Waals surface area contributed by atoms with E-state index in [0.29, 0.717) is 13.1 Å². The van der Waals surface area contributed by atoms with Crippen LogP contribution in [-0.4, -0.2) is 56.3 Å². The predicted molar refractivity (Wildman–Crippen MR) is 97.3 cm³/mol. The molecule has 0 radical (unpaired) electrons. The van der Waals surface area contributed by atoms with E-state index in [9.17, 15) is 4.79 Å². The quantitative estimate of drug-likeness (QED) is 0.815. The number of methoxy groups -OCH3 is 1. The number of benzene rings is 1. The van der Waals surface area contributed by atoms with Gasteiger partial charge in [-0.25, -0.2) is 0 Å². The first-order chi connectivity index (χ1) is 11.3. The first kappa shape index (κ1) is 19.2. The normalized spacial score (nSPS) is 23.7. The maximum absolute atomic E-state index is 12.9. The van der Waals surface area contributed by atoms with E-state index in [1.54, 1.807) is 7.11 Å². The van der Waals surface area contributed by atoms with Crippen molar-refractivity contribution in [1.29, 1.82) is 0 Å². The van der Waals surface area contributed by atoms with Crippen molar-refractivity contribution in [2.75, 3.05) is 27.2 Å². The molecule has 6 heteroatoms. The molecule has 1 aliphatic heterocycles. The summed E-state index contributed by atoms with van der Waals surface area (Å²) in [6.45, 7) is 8.09. The number of nitrogens with one attached hydrogen (secondary N) is 1. The van der Waals surface area contributed by atoms with Gasteiger partial charge in [0.05, 0.1) is 26.4 Å². The topological polar surface area (TPSA) is 43.2 Å². The van der Waals surface area contributed by atoms with Gasteiger partial charge in [0.2, 0.25) is 0 Å². The van der Waals surface area contributed by atoms with Crippen molar-refractivity contribution in [3.63, 3.8) is 0 Å². The molecule has 0 aromatic heterocycles. The minimum absolute atomic E-state index is 0.0929. The van der Waals surface area contributed by atoms with Crippen LogP contribution in [0.2, 0.25) is 0 Å². The largest absolute Gasteiger partial charge is 0.496 e. The number of carbonyl (C=O) groups excluding carboxylic acids is 1. The first-order valence-corrected chi connectivity index (χ1v) is 9.20. The van der Waals surface area contributed by atoms with E-state index >= 15 is 0 Å². The molecular formula is C18H28BrN2O3+. The number of likely N-dealkylation sites (N-methyl/N-ethyl adjacent to an activating group) is 1. The summed E-state index contributed by atoms with van der Waals surface area (Å²) in [5.74, 6) is 1.04. The van der Waals surface area contributed by atoms with Gasteiger partial charge in [0, 0.05) is 23.1 Å². The molecule has 0 saturated carbocycles. The first-order valence-electron chi connectivity index (χ1n) is 8.40. The summed E-state index contributed by atoms with van der Waals surface area (Å²) in [4.78, 5) is 15.9. The van der Waals surface area contributed by atoms with Gasteiger partial charge >= 0.3 is 0 Å². The third-order valence-corrected chi connectivity index (χ3v) is 5.05. The smallest absolute Gasteiger partial charge is 0.280 e. The highest BCUT2D eigenvalue weighted by atomic mass is 79.9. The molecule has 1 fully saturated rings. The Kier molecular flexibility index (Phi) is 6.66. The Morgan fingerprint density at radius 3 is 2.62 bits per heavy atom. The fourth-order valence-electron chi connectivity index (χ4n) is 3.18. The molecular weight excluding hydrogens is 372 g/mol. The van der Waals surface area contributed by atoms with E-state index in [1.165, 1.54) is 0 Å². The maximum Gasteiger partial charge on any atom is 0.280 e. The molecule has 0 aliphatic carbocycles. The number of amides is 1.